The van der Waals surface area contributed by atoms with Gasteiger partial charge in [0.2, 0.25) is 5.91 Å². The number of carbonyl (C=O) groups excluding carboxylic acids is 2. The van der Waals surface area contributed by atoms with E-state index in [0.29, 0.717) is 18.1 Å². The van der Waals surface area contributed by atoms with Gasteiger partial charge in [-0.3, -0.25) is 4.79 Å². The zero-order valence-electron chi connectivity index (χ0n) is 18.7. The van der Waals surface area contributed by atoms with Crippen LogP contribution < -0.4 is 16.0 Å². The molecule has 1 aromatic heterocycles. The molecule has 0 bridgehead atoms. The largest absolute Gasteiger partial charge is 0.361 e. The van der Waals surface area contributed by atoms with E-state index < -0.39 is 0 Å². The van der Waals surface area contributed by atoms with Gasteiger partial charge in [0, 0.05) is 54.1 Å². The highest BCUT2D eigenvalue weighted by Gasteiger charge is 2.21. The Hall–Kier alpha value is -3.77. The molecule has 0 radical (unpaired) electrons. The number of aromatic amines is 1. The predicted octanol–water partition coefficient (Wildman–Crippen LogP) is 4.96. The number of H-pyrrole nitrogens is 1. The van der Waals surface area contributed by atoms with Crippen molar-refractivity contribution in [3.8, 4) is 0 Å². The summed E-state index contributed by atoms with van der Waals surface area (Å²) >= 11 is 6.52. The zero-order chi connectivity index (χ0) is 23.8. The smallest absolute Gasteiger partial charge is 0.315 e. The molecule has 0 aliphatic rings. The average Bonchev–Trinajstić information content (AvgIpc) is 3.29. The highest BCUT2D eigenvalue weighted by molar-refractivity contribution is 6.31. The molecule has 34 heavy (non-hydrogen) atoms. The van der Waals surface area contributed by atoms with Crippen molar-refractivity contribution in [1.82, 2.24) is 20.9 Å². The van der Waals surface area contributed by atoms with Gasteiger partial charge in [-0.1, -0.05) is 78.3 Å². The fraction of sp³-hybridized carbons (Fsp3) is 0.185. The third kappa shape index (κ3) is 5.97. The minimum atomic E-state index is -0.301. The fourth-order valence-electron chi connectivity index (χ4n) is 3.96. The molecule has 4 N–H and O–H groups in total. The maximum Gasteiger partial charge on any atom is 0.315 e. The molecule has 0 fully saturated rings. The Morgan fingerprint density at radius 1 is 0.824 bits per heavy atom. The molecule has 3 amide bonds. The van der Waals surface area contributed by atoms with Gasteiger partial charge in [-0.15, -0.1) is 0 Å². The van der Waals surface area contributed by atoms with Crippen molar-refractivity contribution < 1.29 is 9.59 Å². The lowest BCUT2D eigenvalue weighted by molar-refractivity contribution is -0.120. The second-order valence-corrected chi connectivity index (χ2v) is 8.42. The Morgan fingerprint density at radius 2 is 1.56 bits per heavy atom. The Labute approximate surface area is 203 Å². The van der Waals surface area contributed by atoms with E-state index in [4.69, 9.17) is 11.6 Å². The fourth-order valence-corrected chi connectivity index (χ4v) is 4.23. The third-order valence-electron chi connectivity index (χ3n) is 5.71. The van der Waals surface area contributed by atoms with Crippen LogP contribution in [0.1, 0.15) is 29.0 Å². The maximum absolute atomic E-state index is 12.5. The highest BCUT2D eigenvalue weighted by atomic mass is 35.5. The number of carbonyl (C=O) groups is 2. The molecule has 1 heterocycles. The van der Waals surface area contributed by atoms with Crippen LogP contribution >= 0.6 is 11.6 Å². The normalized spacial score (nSPS) is 11.7. The Morgan fingerprint density at radius 3 is 2.38 bits per heavy atom. The summed E-state index contributed by atoms with van der Waals surface area (Å²) in [6.07, 6.45) is 2.16. The minimum absolute atomic E-state index is 0.115. The van der Waals surface area contributed by atoms with Crippen LogP contribution in [0.4, 0.5) is 4.79 Å². The molecular formula is C27H27ClN4O2. The van der Waals surface area contributed by atoms with Crippen LogP contribution in [0, 0.1) is 0 Å². The van der Waals surface area contributed by atoms with E-state index in [0.717, 1.165) is 27.6 Å². The van der Waals surface area contributed by atoms with Crippen LogP contribution in [-0.4, -0.2) is 30.0 Å². The number of halogens is 1. The number of hydrogen-bond donors (Lipinski definition) is 4. The number of fused-ring (bicyclic) bond motifs is 1. The molecule has 7 heteroatoms. The molecule has 4 rings (SSSR count). The van der Waals surface area contributed by atoms with E-state index in [1.165, 1.54) is 0 Å². The number of rotatable bonds is 9. The van der Waals surface area contributed by atoms with Gasteiger partial charge in [-0.25, -0.2) is 4.79 Å². The molecule has 174 valence electrons. The summed E-state index contributed by atoms with van der Waals surface area (Å²) < 4.78 is 0. The second kappa shape index (κ2) is 11.4. The van der Waals surface area contributed by atoms with Crippen molar-refractivity contribution in [3.05, 3.63) is 107 Å². The van der Waals surface area contributed by atoms with Crippen LogP contribution in [0.15, 0.2) is 85.1 Å². The average molecular weight is 475 g/mol. The lowest BCUT2D eigenvalue weighted by Gasteiger charge is -2.19. The molecule has 4 aromatic rings. The number of nitrogens with one attached hydrogen (secondary N) is 4. The van der Waals surface area contributed by atoms with E-state index in [2.05, 4.69) is 27.0 Å². The van der Waals surface area contributed by atoms with Gasteiger partial charge in [0.25, 0.3) is 0 Å². The van der Waals surface area contributed by atoms with E-state index in [9.17, 15) is 9.59 Å². The molecule has 3 aromatic carbocycles. The summed E-state index contributed by atoms with van der Waals surface area (Å²) in [6, 6.07) is 25.1. The van der Waals surface area contributed by atoms with Crippen LogP contribution in [0.2, 0.25) is 5.02 Å². The predicted molar refractivity (Wildman–Crippen MR) is 136 cm³/mol. The zero-order valence-corrected chi connectivity index (χ0v) is 19.4. The Kier molecular flexibility index (Phi) is 7.83. The molecule has 0 spiro atoms. The first-order valence-corrected chi connectivity index (χ1v) is 11.6. The van der Waals surface area contributed by atoms with Crippen LogP contribution in [0.3, 0.4) is 0 Å². The first-order chi connectivity index (χ1) is 16.6. The van der Waals surface area contributed by atoms with Crippen molar-refractivity contribution >= 4 is 34.4 Å². The maximum atomic E-state index is 12.5. The summed E-state index contributed by atoms with van der Waals surface area (Å²) in [5.74, 6) is -0.254. The monoisotopic (exact) mass is 474 g/mol. The number of aromatic nitrogens is 1. The summed E-state index contributed by atoms with van der Waals surface area (Å²) in [5, 5.41) is 10.3. The van der Waals surface area contributed by atoms with Crippen molar-refractivity contribution in [2.24, 2.45) is 0 Å². The number of benzene rings is 3. The van der Waals surface area contributed by atoms with Crippen molar-refractivity contribution in [3.63, 3.8) is 0 Å². The number of para-hydroxylation sites is 1. The first kappa shape index (κ1) is 23.4. The van der Waals surface area contributed by atoms with Gasteiger partial charge in [0.05, 0.1) is 0 Å². The van der Waals surface area contributed by atoms with Gasteiger partial charge in [-0.05, 0) is 28.8 Å². The highest BCUT2D eigenvalue weighted by Crippen LogP contribution is 2.34. The van der Waals surface area contributed by atoms with Crippen LogP contribution in [-0.2, 0) is 11.3 Å². The number of urea groups is 1. The van der Waals surface area contributed by atoms with Crippen molar-refractivity contribution in [2.45, 2.75) is 18.9 Å². The van der Waals surface area contributed by atoms with Gasteiger partial charge < -0.3 is 20.9 Å². The van der Waals surface area contributed by atoms with Crippen molar-refractivity contribution in [1.29, 1.82) is 0 Å². The SMILES string of the molecule is O=C(CCNC(=O)NCc1ccccc1)NCC(c1ccccc1Cl)c1c[nH]c2ccccc12. The second-order valence-electron chi connectivity index (χ2n) is 8.01. The number of hydrogen-bond acceptors (Lipinski definition) is 2. The van der Waals surface area contributed by atoms with E-state index in [1.54, 1.807) is 0 Å². The molecule has 0 aliphatic heterocycles. The van der Waals surface area contributed by atoms with Gasteiger partial charge in [0.15, 0.2) is 0 Å². The van der Waals surface area contributed by atoms with Crippen LogP contribution in [0.25, 0.3) is 10.9 Å². The Balaban J connectivity index is 1.33. The summed E-state index contributed by atoms with van der Waals surface area (Å²) in [5.41, 5.74) is 4.07. The molecule has 1 unspecified atom stereocenters. The molecule has 0 saturated heterocycles. The molecule has 1 atom stereocenters. The third-order valence-corrected chi connectivity index (χ3v) is 6.06. The van der Waals surface area contributed by atoms with E-state index >= 15 is 0 Å². The summed E-state index contributed by atoms with van der Waals surface area (Å²) in [4.78, 5) is 27.8. The Bertz CT molecular complexity index is 1260. The molecule has 0 saturated carbocycles. The van der Waals surface area contributed by atoms with E-state index in [-0.39, 0.29) is 30.8 Å². The lowest BCUT2D eigenvalue weighted by atomic mass is 9.90. The standard InChI is InChI=1S/C27H27ClN4O2/c28-24-12-6-4-10-20(24)22(23-17-30-25-13-7-5-11-21(23)25)18-31-26(33)14-15-29-27(34)32-16-19-8-2-1-3-9-19/h1-13,17,22,30H,14-16,18H2,(H,31,33)(H2,29,32,34). The summed E-state index contributed by atoms with van der Waals surface area (Å²) in [7, 11) is 0. The van der Waals surface area contributed by atoms with E-state index in [1.807, 2.05) is 79.0 Å². The van der Waals surface area contributed by atoms with Gasteiger partial charge in [-0.2, -0.15) is 0 Å². The molecular weight excluding hydrogens is 448 g/mol. The lowest BCUT2D eigenvalue weighted by Crippen LogP contribution is -2.38. The topological polar surface area (TPSA) is 86.0 Å². The van der Waals surface area contributed by atoms with Gasteiger partial charge in [0.1, 0.15) is 0 Å². The first-order valence-electron chi connectivity index (χ1n) is 11.2. The minimum Gasteiger partial charge on any atom is -0.361 e. The van der Waals surface area contributed by atoms with Gasteiger partial charge >= 0.3 is 6.03 Å². The van der Waals surface area contributed by atoms with Crippen molar-refractivity contribution in [2.75, 3.05) is 13.1 Å². The quantitative estimate of drug-likeness (QED) is 0.276. The molecule has 0 aliphatic carbocycles. The molecule has 6 nitrogen and oxygen atoms in total. The van der Waals surface area contributed by atoms with Crippen LogP contribution in [0.5, 0.6) is 0 Å². The number of amides is 3. The summed E-state index contributed by atoms with van der Waals surface area (Å²) in [6.45, 7) is 1.07.